The van der Waals surface area contributed by atoms with Crippen molar-refractivity contribution in [1.82, 2.24) is 4.98 Å². The predicted molar refractivity (Wildman–Crippen MR) is 67.7 cm³/mol. The van der Waals surface area contributed by atoms with Gasteiger partial charge in [-0.25, -0.2) is 4.79 Å². The molecule has 0 aliphatic heterocycles. The Morgan fingerprint density at radius 1 is 1.35 bits per heavy atom. The quantitative estimate of drug-likeness (QED) is 0.653. The minimum atomic E-state index is -0.610. The summed E-state index contributed by atoms with van der Waals surface area (Å²) >= 11 is 1.31. The number of carbonyl (C=O) groups is 1. The average molecular weight is 249 g/mol. The Morgan fingerprint density at radius 2 is 2.06 bits per heavy atom. The highest BCUT2D eigenvalue weighted by molar-refractivity contribution is 7.98. The number of hydrogen-bond acceptors (Lipinski definition) is 4. The van der Waals surface area contributed by atoms with Crippen LogP contribution >= 0.6 is 11.8 Å². The second-order valence-corrected chi connectivity index (χ2v) is 4.22. The standard InChI is InChI=1S/C12H11NO3S/c1-16-12(15)9-10(14)7-5-3-4-6-8(7)13-11(9)17-2/h3-6H,1-2H3,(H,13,14). The highest BCUT2D eigenvalue weighted by Crippen LogP contribution is 2.19. The summed E-state index contributed by atoms with van der Waals surface area (Å²) in [6.45, 7) is 0. The Labute approximate surface area is 102 Å². The molecule has 4 nitrogen and oxygen atoms in total. The van der Waals surface area contributed by atoms with Gasteiger partial charge in [-0.1, -0.05) is 12.1 Å². The van der Waals surface area contributed by atoms with Gasteiger partial charge in [0.25, 0.3) is 0 Å². The number of carbonyl (C=O) groups excluding carboxylic acids is 1. The molecule has 0 radical (unpaired) electrons. The summed E-state index contributed by atoms with van der Waals surface area (Å²) in [4.78, 5) is 26.8. The van der Waals surface area contributed by atoms with Gasteiger partial charge in [-0.15, -0.1) is 11.8 Å². The van der Waals surface area contributed by atoms with Crippen LogP contribution in [0.3, 0.4) is 0 Å². The number of hydrogen-bond donors (Lipinski definition) is 1. The summed E-state index contributed by atoms with van der Waals surface area (Å²) in [6.07, 6.45) is 1.80. The first-order chi connectivity index (χ1) is 8.19. The average Bonchev–Trinajstić information content (AvgIpc) is 2.37. The van der Waals surface area contributed by atoms with Crippen molar-refractivity contribution in [3.05, 3.63) is 40.1 Å². The van der Waals surface area contributed by atoms with Crippen molar-refractivity contribution >= 4 is 28.6 Å². The molecule has 0 saturated heterocycles. The van der Waals surface area contributed by atoms with Gasteiger partial charge in [0.2, 0.25) is 5.43 Å². The van der Waals surface area contributed by atoms with E-state index in [-0.39, 0.29) is 11.0 Å². The minimum absolute atomic E-state index is 0.0682. The van der Waals surface area contributed by atoms with E-state index in [1.807, 2.05) is 6.07 Å². The van der Waals surface area contributed by atoms with Gasteiger partial charge >= 0.3 is 5.97 Å². The van der Waals surface area contributed by atoms with Crippen LogP contribution in [0.4, 0.5) is 0 Å². The second kappa shape index (κ2) is 4.63. The van der Waals surface area contributed by atoms with Gasteiger partial charge < -0.3 is 9.72 Å². The molecule has 0 amide bonds. The third-order valence-corrected chi connectivity index (χ3v) is 3.18. The van der Waals surface area contributed by atoms with Crippen molar-refractivity contribution in [2.75, 3.05) is 13.4 Å². The van der Waals surface area contributed by atoms with Crippen molar-refractivity contribution in [2.45, 2.75) is 5.03 Å². The van der Waals surface area contributed by atoms with Gasteiger partial charge in [-0.05, 0) is 18.4 Å². The van der Waals surface area contributed by atoms with Crippen molar-refractivity contribution in [1.29, 1.82) is 0 Å². The molecule has 0 fully saturated rings. The van der Waals surface area contributed by atoms with Crippen LogP contribution in [0, 0.1) is 0 Å². The monoisotopic (exact) mass is 249 g/mol. The van der Waals surface area contributed by atoms with Crippen molar-refractivity contribution in [2.24, 2.45) is 0 Å². The molecule has 0 unspecified atom stereocenters. The van der Waals surface area contributed by atoms with Gasteiger partial charge in [0.05, 0.1) is 17.7 Å². The van der Waals surface area contributed by atoms with Gasteiger partial charge in [0.1, 0.15) is 5.56 Å². The zero-order chi connectivity index (χ0) is 12.4. The van der Waals surface area contributed by atoms with Crippen molar-refractivity contribution in [3.8, 4) is 0 Å². The number of methoxy groups -OCH3 is 1. The number of benzene rings is 1. The lowest BCUT2D eigenvalue weighted by atomic mass is 10.1. The fourth-order valence-electron chi connectivity index (χ4n) is 1.65. The van der Waals surface area contributed by atoms with Gasteiger partial charge in [-0.2, -0.15) is 0 Å². The molecule has 2 aromatic rings. The normalized spacial score (nSPS) is 10.5. The smallest absolute Gasteiger partial charge is 0.344 e. The van der Waals surface area contributed by atoms with E-state index in [9.17, 15) is 9.59 Å². The predicted octanol–water partition coefficient (Wildman–Crippen LogP) is 2.04. The van der Waals surface area contributed by atoms with Crippen LogP contribution in [-0.4, -0.2) is 24.3 Å². The Bertz CT molecular complexity index is 633. The maximum absolute atomic E-state index is 12.2. The van der Waals surface area contributed by atoms with Crippen LogP contribution in [0.25, 0.3) is 10.9 Å². The highest BCUT2D eigenvalue weighted by atomic mass is 32.2. The van der Waals surface area contributed by atoms with Crippen LogP contribution in [-0.2, 0) is 4.74 Å². The summed E-state index contributed by atoms with van der Waals surface area (Å²) < 4.78 is 4.64. The maximum atomic E-state index is 12.2. The van der Waals surface area contributed by atoms with Crippen LogP contribution in [0.15, 0.2) is 34.1 Å². The van der Waals surface area contributed by atoms with E-state index in [1.165, 1.54) is 18.9 Å². The van der Waals surface area contributed by atoms with Gasteiger partial charge in [0.15, 0.2) is 0 Å². The van der Waals surface area contributed by atoms with Crippen LogP contribution in [0.2, 0.25) is 0 Å². The lowest BCUT2D eigenvalue weighted by Gasteiger charge is -2.07. The van der Waals surface area contributed by atoms with E-state index in [0.717, 1.165) is 5.52 Å². The molecule has 0 aliphatic carbocycles. The van der Waals surface area contributed by atoms with E-state index in [2.05, 4.69) is 9.72 Å². The Balaban J connectivity index is 2.86. The first-order valence-electron chi connectivity index (χ1n) is 4.96. The molecule has 1 N–H and O–H groups in total. The SMILES string of the molecule is COC(=O)c1c(SC)[nH]c2ccccc2c1=O. The number of aromatic nitrogens is 1. The number of esters is 1. The molecule has 1 aromatic carbocycles. The minimum Gasteiger partial charge on any atom is -0.465 e. The second-order valence-electron chi connectivity index (χ2n) is 3.40. The van der Waals surface area contributed by atoms with Crippen molar-refractivity contribution < 1.29 is 9.53 Å². The first kappa shape index (κ1) is 11.7. The molecule has 2 rings (SSSR count). The molecule has 0 atom stereocenters. The number of aromatic amines is 1. The molecule has 1 heterocycles. The highest BCUT2D eigenvalue weighted by Gasteiger charge is 2.18. The topological polar surface area (TPSA) is 59.2 Å². The Morgan fingerprint density at radius 3 is 2.71 bits per heavy atom. The number of rotatable bonds is 2. The number of para-hydroxylation sites is 1. The molecule has 0 bridgehead atoms. The van der Waals surface area contributed by atoms with E-state index in [4.69, 9.17) is 0 Å². The third kappa shape index (κ3) is 1.93. The zero-order valence-corrected chi connectivity index (χ0v) is 10.3. The number of ether oxygens (including phenoxy) is 1. The van der Waals surface area contributed by atoms with Crippen LogP contribution in [0.5, 0.6) is 0 Å². The van der Waals surface area contributed by atoms with E-state index < -0.39 is 5.97 Å². The number of nitrogens with one attached hydrogen (secondary N) is 1. The molecule has 0 aliphatic rings. The summed E-state index contributed by atoms with van der Waals surface area (Å²) in [5.41, 5.74) is 0.490. The molecule has 0 spiro atoms. The number of pyridine rings is 1. The number of thioether (sulfide) groups is 1. The third-order valence-electron chi connectivity index (χ3n) is 2.47. The van der Waals surface area contributed by atoms with Gasteiger partial charge in [-0.3, -0.25) is 4.79 Å². The number of fused-ring (bicyclic) bond motifs is 1. The van der Waals surface area contributed by atoms with Crippen molar-refractivity contribution in [3.63, 3.8) is 0 Å². The fourth-order valence-corrected chi connectivity index (χ4v) is 2.25. The Hall–Kier alpha value is -1.75. The maximum Gasteiger partial charge on any atom is 0.344 e. The molecule has 1 aromatic heterocycles. The lowest BCUT2D eigenvalue weighted by molar-refractivity contribution is 0.0594. The lowest BCUT2D eigenvalue weighted by Crippen LogP contribution is -2.19. The zero-order valence-electron chi connectivity index (χ0n) is 9.44. The van der Waals surface area contributed by atoms with E-state index >= 15 is 0 Å². The van der Waals surface area contributed by atoms with E-state index in [1.54, 1.807) is 24.5 Å². The summed E-state index contributed by atoms with van der Waals surface area (Å²) in [6, 6.07) is 7.08. The molecular formula is C12H11NO3S. The summed E-state index contributed by atoms with van der Waals surface area (Å²) in [7, 11) is 1.26. The van der Waals surface area contributed by atoms with E-state index in [0.29, 0.717) is 10.4 Å². The largest absolute Gasteiger partial charge is 0.465 e. The molecule has 17 heavy (non-hydrogen) atoms. The first-order valence-corrected chi connectivity index (χ1v) is 6.19. The summed E-state index contributed by atoms with van der Waals surface area (Å²) in [5.74, 6) is -0.610. The summed E-state index contributed by atoms with van der Waals surface area (Å²) in [5, 5.41) is 1.02. The van der Waals surface area contributed by atoms with Gasteiger partial charge in [0, 0.05) is 5.39 Å². The Kier molecular flexibility index (Phi) is 3.19. The number of H-pyrrole nitrogens is 1. The van der Waals surface area contributed by atoms with Crippen LogP contribution in [0.1, 0.15) is 10.4 Å². The fraction of sp³-hybridized carbons (Fsp3) is 0.167. The molecule has 5 heteroatoms. The molecule has 88 valence electrons. The molecular weight excluding hydrogens is 238 g/mol. The van der Waals surface area contributed by atoms with Crippen LogP contribution < -0.4 is 5.43 Å². The molecule has 0 saturated carbocycles.